The Labute approximate surface area is 152 Å². The Morgan fingerprint density at radius 1 is 1.23 bits per heavy atom. The van der Waals surface area contributed by atoms with Crippen molar-refractivity contribution in [1.29, 1.82) is 0 Å². The van der Waals surface area contributed by atoms with Gasteiger partial charge in [-0.25, -0.2) is 5.43 Å². The molecule has 0 saturated carbocycles. The smallest absolute Gasteiger partial charge is 0.262 e. The summed E-state index contributed by atoms with van der Waals surface area (Å²) in [6.45, 7) is 1.95. The van der Waals surface area contributed by atoms with Gasteiger partial charge in [0.2, 0.25) is 0 Å². The van der Waals surface area contributed by atoms with Gasteiger partial charge >= 0.3 is 0 Å². The van der Waals surface area contributed by atoms with Crippen molar-refractivity contribution in [2.24, 2.45) is 5.10 Å². The van der Waals surface area contributed by atoms with E-state index in [-0.39, 0.29) is 11.9 Å². The number of hydrazone groups is 1. The van der Waals surface area contributed by atoms with Crippen molar-refractivity contribution >= 4 is 28.7 Å². The number of H-pyrrole nitrogens is 1. The zero-order valence-corrected chi connectivity index (χ0v) is 14.8. The van der Waals surface area contributed by atoms with Gasteiger partial charge in [-0.2, -0.15) is 5.10 Å². The first-order valence-corrected chi connectivity index (χ1v) is 8.51. The van der Waals surface area contributed by atoms with Crippen molar-refractivity contribution in [2.75, 3.05) is 12.4 Å². The van der Waals surface area contributed by atoms with Crippen LogP contribution in [-0.2, 0) is 4.79 Å². The SMILES string of the molecule is CC[C@H](Nc1ccc(OC)cc1)C(=O)N/N=C/c1c[nH]c2ccccc12. The molecule has 6 heteroatoms. The number of aromatic nitrogens is 1. The minimum Gasteiger partial charge on any atom is -0.497 e. The van der Waals surface area contributed by atoms with Crippen LogP contribution in [0.5, 0.6) is 5.75 Å². The van der Waals surface area contributed by atoms with Crippen LogP contribution in [0.15, 0.2) is 59.8 Å². The van der Waals surface area contributed by atoms with Crippen molar-refractivity contribution in [3.05, 3.63) is 60.3 Å². The van der Waals surface area contributed by atoms with E-state index in [2.05, 4.69) is 20.8 Å². The minimum atomic E-state index is -0.372. The maximum absolute atomic E-state index is 12.4. The Morgan fingerprint density at radius 3 is 2.73 bits per heavy atom. The lowest BCUT2D eigenvalue weighted by Crippen LogP contribution is -2.36. The van der Waals surface area contributed by atoms with E-state index in [1.54, 1.807) is 13.3 Å². The molecule has 1 aromatic heterocycles. The summed E-state index contributed by atoms with van der Waals surface area (Å²) in [4.78, 5) is 15.5. The summed E-state index contributed by atoms with van der Waals surface area (Å²) < 4.78 is 5.14. The molecule has 134 valence electrons. The Balaban J connectivity index is 1.61. The summed E-state index contributed by atoms with van der Waals surface area (Å²) in [6, 6.07) is 15.0. The number of anilines is 1. The van der Waals surface area contributed by atoms with Crippen molar-refractivity contribution in [1.82, 2.24) is 10.4 Å². The van der Waals surface area contributed by atoms with Gasteiger partial charge in [-0.15, -0.1) is 0 Å². The van der Waals surface area contributed by atoms with E-state index < -0.39 is 0 Å². The number of hydrogen-bond donors (Lipinski definition) is 3. The van der Waals surface area contributed by atoms with E-state index in [4.69, 9.17) is 4.74 Å². The summed E-state index contributed by atoms with van der Waals surface area (Å²) in [6.07, 6.45) is 4.16. The van der Waals surface area contributed by atoms with Crippen LogP contribution in [0.3, 0.4) is 0 Å². The number of nitrogens with one attached hydrogen (secondary N) is 3. The van der Waals surface area contributed by atoms with Gasteiger partial charge in [0.05, 0.1) is 13.3 Å². The molecule has 0 fully saturated rings. The van der Waals surface area contributed by atoms with Crippen LogP contribution < -0.4 is 15.5 Å². The second-order valence-electron chi connectivity index (χ2n) is 5.86. The number of aromatic amines is 1. The highest BCUT2D eigenvalue weighted by molar-refractivity contribution is 5.99. The van der Waals surface area contributed by atoms with Gasteiger partial charge in [0.15, 0.2) is 0 Å². The molecule has 2 aromatic carbocycles. The number of para-hydroxylation sites is 1. The summed E-state index contributed by atoms with van der Waals surface area (Å²) >= 11 is 0. The van der Waals surface area contributed by atoms with Gasteiger partial charge in [-0.1, -0.05) is 25.1 Å². The molecule has 0 spiro atoms. The van der Waals surface area contributed by atoms with Gasteiger partial charge in [0, 0.05) is 28.4 Å². The van der Waals surface area contributed by atoms with Crippen LogP contribution in [0.2, 0.25) is 0 Å². The lowest BCUT2D eigenvalue weighted by Gasteiger charge is -2.16. The van der Waals surface area contributed by atoms with Crippen molar-refractivity contribution in [2.45, 2.75) is 19.4 Å². The first-order chi connectivity index (χ1) is 12.7. The number of carbonyl (C=O) groups excluding carboxylic acids is 1. The van der Waals surface area contributed by atoms with Crippen molar-refractivity contribution in [3.63, 3.8) is 0 Å². The molecule has 0 aliphatic rings. The van der Waals surface area contributed by atoms with E-state index >= 15 is 0 Å². The van der Waals surface area contributed by atoms with Crippen LogP contribution in [0.4, 0.5) is 5.69 Å². The number of carbonyl (C=O) groups is 1. The molecule has 1 amide bonds. The molecule has 0 bridgehead atoms. The summed E-state index contributed by atoms with van der Waals surface area (Å²) in [7, 11) is 1.62. The Bertz CT molecular complexity index is 900. The fourth-order valence-electron chi connectivity index (χ4n) is 2.69. The van der Waals surface area contributed by atoms with Crippen LogP contribution in [0, 0.1) is 0 Å². The summed E-state index contributed by atoms with van der Waals surface area (Å²) in [5.41, 5.74) is 5.43. The van der Waals surface area contributed by atoms with Gasteiger partial charge in [0.1, 0.15) is 11.8 Å². The maximum Gasteiger partial charge on any atom is 0.262 e. The monoisotopic (exact) mass is 350 g/mol. The number of amides is 1. The third kappa shape index (κ3) is 4.03. The first-order valence-electron chi connectivity index (χ1n) is 8.51. The highest BCUT2D eigenvalue weighted by Gasteiger charge is 2.15. The molecule has 0 aliphatic carbocycles. The number of hydrogen-bond acceptors (Lipinski definition) is 4. The van der Waals surface area contributed by atoms with Crippen LogP contribution >= 0.6 is 0 Å². The molecule has 3 aromatic rings. The van der Waals surface area contributed by atoms with E-state index in [9.17, 15) is 4.79 Å². The molecule has 26 heavy (non-hydrogen) atoms. The maximum atomic E-state index is 12.4. The number of fused-ring (bicyclic) bond motifs is 1. The number of ether oxygens (including phenoxy) is 1. The molecule has 3 rings (SSSR count). The third-order valence-corrected chi connectivity index (χ3v) is 4.16. The quantitative estimate of drug-likeness (QED) is 0.451. The second kappa shape index (κ2) is 8.20. The Hall–Kier alpha value is -3.28. The molecule has 1 atom stereocenters. The zero-order valence-electron chi connectivity index (χ0n) is 14.8. The zero-order chi connectivity index (χ0) is 18.4. The van der Waals surface area contributed by atoms with E-state index in [1.165, 1.54) is 0 Å². The molecular weight excluding hydrogens is 328 g/mol. The molecule has 1 heterocycles. The summed E-state index contributed by atoms with van der Waals surface area (Å²) in [5, 5.41) is 8.37. The second-order valence-corrected chi connectivity index (χ2v) is 5.86. The highest BCUT2D eigenvalue weighted by atomic mass is 16.5. The molecule has 0 aliphatic heterocycles. The Kier molecular flexibility index (Phi) is 5.53. The number of benzene rings is 2. The van der Waals surface area contributed by atoms with Crippen LogP contribution in [0.1, 0.15) is 18.9 Å². The van der Waals surface area contributed by atoms with E-state index in [0.717, 1.165) is 27.9 Å². The largest absolute Gasteiger partial charge is 0.497 e. The average molecular weight is 350 g/mol. The normalized spacial score (nSPS) is 12.2. The molecule has 0 unspecified atom stereocenters. The summed E-state index contributed by atoms with van der Waals surface area (Å²) in [5.74, 6) is 0.593. The van der Waals surface area contributed by atoms with Crippen molar-refractivity contribution in [3.8, 4) is 5.75 Å². The Morgan fingerprint density at radius 2 is 2.00 bits per heavy atom. The fourth-order valence-corrected chi connectivity index (χ4v) is 2.69. The van der Waals surface area contributed by atoms with Gasteiger partial charge in [-0.3, -0.25) is 4.79 Å². The minimum absolute atomic E-state index is 0.181. The average Bonchev–Trinajstić information content (AvgIpc) is 3.09. The topological polar surface area (TPSA) is 78.5 Å². The van der Waals surface area contributed by atoms with E-state index in [1.807, 2.05) is 61.7 Å². The molecule has 3 N–H and O–H groups in total. The molecule has 6 nitrogen and oxygen atoms in total. The van der Waals surface area contributed by atoms with Crippen molar-refractivity contribution < 1.29 is 9.53 Å². The highest BCUT2D eigenvalue weighted by Crippen LogP contribution is 2.17. The van der Waals surface area contributed by atoms with Gasteiger partial charge < -0.3 is 15.0 Å². The number of nitrogens with zero attached hydrogens (tertiary/aromatic N) is 1. The molecule has 0 saturated heterocycles. The number of rotatable bonds is 7. The van der Waals surface area contributed by atoms with E-state index in [0.29, 0.717) is 6.42 Å². The molecular formula is C20H22N4O2. The molecule has 0 radical (unpaired) electrons. The third-order valence-electron chi connectivity index (χ3n) is 4.16. The predicted molar refractivity (Wildman–Crippen MR) is 105 cm³/mol. The van der Waals surface area contributed by atoms with Crippen LogP contribution in [-0.4, -0.2) is 30.3 Å². The first kappa shape index (κ1) is 17.5. The fraction of sp³-hybridized carbons (Fsp3) is 0.200. The lowest BCUT2D eigenvalue weighted by atomic mass is 10.2. The predicted octanol–water partition coefficient (Wildman–Crippen LogP) is 3.52. The lowest BCUT2D eigenvalue weighted by molar-refractivity contribution is -0.121. The van der Waals surface area contributed by atoms with Crippen LogP contribution in [0.25, 0.3) is 10.9 Å². The van der Waals surface area contributed by atoms with Gasteiger partial charge in [-0.05, 0) is 36.8 Å². The van der Waals surface area contributed by atoms with Gasteiger partial charge in [0.25, 0.3) is 5.91 Å². The number of methoxy groups -OCH3 is 1. The standard InChI is InChI=1S/C20H22N4O2/c1-3-18(23-15-8-10-16(26-2)11-9-15)20(25)24-22-13-14-12-21-19-7-5-4-6-17(14)19/h4-13,18,21,23H,3H2,1-2H3,(H,24,25)/b22-13+/t18-/m0/s1.